The number of benzene rings is 2. The Morgan fingerprint density at radius 2 is 1.85 bits per heavy atom. The second-order valence-corrected chi connectivity index (χ2v) is 5.61. The van der Waals surface area contributed by atoms with Crippen molar-refractivity contribution >= 4 is 17.4 Å². The number of nitro groups is 1. The largest absolute Gasteiger partial charge is 0.366 e. The monoisotopic (exact) mass is 348 g/mol. The highest BCUT2D eigenvalue weighted by Gasteiger charge is 2.17. The summed E-state index contributed by atoms with van der Waals surface area (Å²) in [6, 6.07) is 18.9. The van der Waals surface area contributed by atoms with Crippen molar-refractivity contribution in [2.24, 2.45) is 5.73 Å². The molecule has 2 aromatic carbocycles. The average Bonchev–Trinajstić information content (AvgIpc) is 2.67. The predicted octanol–water partition coefficient (Wildman–Crippen LogP) is 3.37. The molecular weight excluding hydrogens is 332 g/mol. The molecular formula is C19H16N4O3. The summed E-state index contributed by atoms with van der Waals surface area (Å²) < 4.78 is 0. The Balaban J connectivity index is 1.86. The SMILES string of the molecule is NC(=O)c1cccc(CNc2ccc([N+](=O)[O-])c(-c3ccccc3)n2)c1. The molecule has 3 aromatic rings. The molecule has 0 aliphatic rings. The summed E-state index contributed by atoms with van der Waals surface area (Å²) in [7, 11) is 0. The minimum absolute atomic E-state index is 0.0579. The molecule has 1 amide bonds. The highest BCUT2D eigenvalue weighted by molar-refractivity contribution is 5.92. The third-order valence-electron chi connectivity index (χ3n) is 3.80. The molecule has 1 heterocycles. The van der Waals surface area contributed by atoms with E-state index in [-0.39, 0.29) is 5.69 Å². The number of carbonyl (C=O) groups is 1. The number of nitrogens with two attached hydrogens (primary N) is 1. The minimum Gasteiger partial charge on any atom is -0.366 e. The zero-order valence-electron chi connectivity index (χ0n) is 13.8. The van der Waals surface area contributed by atoms with E-state index in [9.17, 15) is 14.9 Å². The van der Waals surface area contributed by atoms with Crippen molar-refractivity contribution in [2.75, 3.05) is 5.32 Å². The van der Waals surface area contributed by atoms with E-state index in [4.69, 9.17) is 5.73 Å². The van der Waals surface area contributed by atoms with Gasteiger partial charge in [-0.2, -0.15) is 0 Å². The van der Waals surface area contributed by atoms with E-state index in [1.165, 1.54) is 6.07 Å². The maximum absolute atomic E-state index is 11.3. The minimum atomic E-state index is -0.494. The number of hydrogen-bond acceptors (Lipinski definition) is 5. The van der Waals surface area contributed by atoms with E-state index in [2.05, 4.69) is 10.3 Å². The van der Waals surface area contributed by atoms with Crippen molar-refractivity contribution in [2.45, 2.75) is 6.54 Å². The van der Waals surface area contributed by atoms with Crippen LogP contribution in [0.25, 0.3) is 11.3 Å². The molecule has 0 unspecified atom stereocenters. The van der Waals surface area contributed by atoms with E-state index in [1.807, 2.05) is 12.1 Å². The molecule has 0 fully saturated rings. The second kappa shape index (κ2) is 7.43. The molecule has 0 spiro atoms. The predicted molar refractivity (Wildman–Crippen MR) is 98.6 cm³/mol. The number of amides is 1. The maximum Gasteiger partial charge on any atom is 0.295 e. The highest BCUT2D eigenvalue weighted by atomic mass is 16.6. The first kappa shape index (κ1) is 17.1. The maximum atomic E-state index is 11.3. The van der Waals surface area contributed by atoms with Crippen LogP contribution in [-0.2, 0) is 6.54 Å². The van der Waals surface area contributed by atoms with Crippen LogP contribution in [0.5, 0.6) is 0 Å². The fraction of sp³-hybridized carbons (Fsp3) is 0.0526. The highest BCUT2D eigenvalue weighted by Crippen LogP contribution is 2.29. The first-order valence-electron chi connectivity index (χ1n) is 7.88. The number of nitrogens with one attached hydrogen (secondary N) is 1. The van der Waals surface area contributed by atoms with Crippen LogP contribution < -0.4 is 11.1 Å². The van der Waals surface area contributed by atoms with Crippen LogP contribution in [0.4, 0.5) is 11.5 Å². The summed E-state index contributed by atoms with van der Waals surface area (Å²) in [5.41, 5.74) is 7.46. The molecule has 7 heteroatoms. The zero-order valence-corrected chi connectivity index (χ0v) is 13.8. The molecule has 7 nitrogen and oxygen atoms in total. The number of anilines is 1. The summed E-state index contributed by atoms with van der Waals surface area (Å²) in [6.45, 7) is 0.403. The number of nitrogens with zero attached hydrogens (tertiary/aromatic N) is 2. The fourth-order valence-electron chi connectivity index (χ4n) is 2.53. The Bertz CT molecular complexity index is 958. The summed E-state index contributed by atoms with van der Waals surface area (Å²) in [5, 5.41) is 14.4. The Morgan fingerprint density at radius 3 is 2.54 bits per heavy atom. The van der Waals surface area contributed by atoms with Crippen molar-refractivity contribution in [1.82, 2.24) is 4.98 Å². The third-order valence-corrected chi connectivity index (χ3v) is 3.80. The first-order chi connectivity index (χ1) is 12.5. The van der Waals surface area contributed by atoms with Gasteiger partial charge in [-0.25, -0.2) is 4.98 Å². The quantitative estimate of drug-likeness (QED) is 0.524. The number of primary amides is 1. The molecule has 3 rings (SSSR count). The van der Waals surface area contributed by atoms with Gasteiger partial charge in [0.2, 0.25) is 5.91 Å². The lowest BCUT2D eigenvalue weighted by atomic mass is 10.1. The molecule has 0 radical (unpaired) electrons. The van der Waals surface area contributed by atoms with Crippen molar-refractivity contribution in [3.05, 3.63) is 88.0 Å². The lowest BCUT2D eigenvalue weighted by Crippen LogP contribution is -2.11. The normalized spacial score (nSPS) is 10.3. The molecule has 0 saturated heterocycles. The van der Waals surface area contributed by atoms with Crippen LogP contribution in [0.3, 0.4) is 0 Å². The molecule has 0 bridgehead atoms. The van der Waals surface area contributed by atoms with Gasteiger partial charge in [0, 0.05) is 23.7 Å². The Morgan fingerprint density at radius 1 is 1.08 bits per heavy atom. The number of carbonyl (C=O) groups excluding carboxylic acids is 1. The smallest absolute Gasteiger partial charge is 0.295 e. The fourth-order valence-corrected chi connectivity index (χ4v) is 2.53. The topological polar surface area (TPSA) is 111 Å². The first-order valence-corrected chi connectivity index (χ1v) is 7.88. The molecule has 130 valence electrons. The van der Waals surface area contributed by atoms with Gasteiger partial charge in [-0.3, -0.25) is 14.9 Å². The van der Waals surface area contributed by atoms with Crippen LogP contribution in [0.15, 0.2) is 66.7 Å². The summed E-state index contributed by atoms with van der Waals surface area (Å²) >= 11 is 0. The van der Waals surface area contributed by atoms with Gasteiger partial charge >= 0.3 is 0 Å². The molecule has 26 heavy (non-hydrogen) atoms. The van der Waals surface area contributed by atoms with E-state index in [1.54, 1.807) is 48.5 Å². The number of aromatic nitrogens is 1. The van der Waals surface area contributed by atoms with Crippen LogP contribution in [0.2, 0.25) is 0 Å². The van der Waals surface area contributed by atoms with E-state index in [0.717, 1.165) is 5.56 Å². The number of hydrogen-bond donors (Lipinski definition) is 2. The van der Waals surface area contributed by atoms with Crippen molar-refractivity contribution in [3.8, 4) is 11.3 Å². The van der Waals surface area contributed by atoms with Crippen molar-refractivity contribution in [3.63, 3.8) is 0 Å². The van der Waals surface area contributed by atoms with Gasteiger partial charge in [-0.05, 0) is 23.8 Å². The number of pyridine rings is 1. The third kappa shape index (κ3) is 3.84. The van der Waals surface area contributed by atoms with Gasteiger partial charge in [-0.15, -0.1) is 0 Å². The van der Waals surface area contributed by atoms with Gasteiger partial charge in [0.25, 0.3) is 5.69 Å². The van der Waals surface area contributed by atoms with Gasteiger partial charge in [0.1, 0.15) is 5.82 Å². The zero-order chi connectivity index (χ0) is 18.5. The van der Waals surface area contributed by atoms with Gasteiger partial charge in [0.15, 0.2) is 5.69 Å². The van der Waals surface area contributed by atoms with Gasteiger partial charge in [-0.1, -0.05) is 42.5 Å². The standard InChI is InChI=1S/C19H16N4O3/c20-19(24)15-8-4-5-13(11-15)12-21-17-10-9-16(23(25)26)18(22-17)14-6-2-1-3-7-14/h1-11H,12H2,(H2,20,24)(H,21,22). The summed E-state index contributed by atoms with van der Waals surface area (Å²) in [5.74, 6) is 0.00519. The van der Waals surface area contributed by atoms with Crippen LogP contribution in [-0.4, -0.2) is 15.8 Å². The lowest BCUT2D eigenvalue weighted by Gasteiger charge is -2.09. The molecule has 0 aliphatic heterocycles. The van der Waals surface area contributed by atoms with Crippen molar-refractivity contribution in [1.29, 1.82) is 0 Å². The molecule has 0 aliphatic carbocycles. The van der Waals surface area contributed by atoms with Gasteiger partial charge < -0.3 is 11.1 Å². The summed E-state index contributed by atoms with van der Waals surface area (Å²) in [4.78, 5) is 26.5. The van der Waals surface area contributed by atoms with Crippen LogP contribution in [0.1, 0.15) is 15.9 Å². The number of rotatable bonds is 6. The van der Waals surface area contributed by atoms with Crippen molar-refractivity contribution < 1.29 is 9.72 Å². The van der Waals surface area contributed by atoms with Crippen LogP contribution >= 0.6 is 0 Å². The van der Waals surface area contributed by atoms with E-state index in [0.29, 0.717) is 29.2 Å². The molecule has 1 aromatic heterocycles. The van der Waals surface area contributed by atoms with E-state index < -0.39 is 10.8 Å². The molecule has 0 saturated carbocycles. The summed E-state index contributed by atoms with van der Waals surface area (Å²) in [6.07, 6.45) is 0. The van der Waals surface area contributed by atoms with E-state index >= 15 is 0 Å². The van der Waals surface area contributed by atoms with Crippen LogP contribution in [0, 0.1) is 10.1 Å². The van der Waals surface area contributed by atoms with Gasteiger partial charge in [0.05, 0.1) is 4.92 Å². The molecule has 3 N–H and O–H groups in total. The average molecular weight is 348 g/mol. The lowest BCUT2D eigenvalue weighted by molar-refractivity contribution is -0.384. The Hall–Kier alpha value is -3.74. The molecule has 0 atom stereocenters. The Kier molecular flexibility index (Phi) is 4.89. The second-order valence-electron chi connectivity index (χ2n) is 5.61. The Labute approximate surface area is 149 Å².